The summed E-state index contributed by atoms with van der Waals surface area (Å²) in [6, 6.07) is 64.8. The SMILES string of the molecule is CC(C)(C)c1ccc(-n2c(-c3cc(C(C)(C)C)cc(C(C)(C)C)c3O)nc3c(-c4cc(-c5cc(-c6ccccc6)ccn5)c5oc6c7ccccc7c7ccccc7c6c5c4)cccc32)c(-c2ccccc2)c1. The zero-order valence-corrected chi connectivity index (χ0v) is 43.1. The molecule has 0 atom stereocenters. The van der Waals surface area contributed by atoms with Crippen molar-refractivity contribution >= 4 is 54.5 Å². The first-order chi connectivity index (χ1) is 35.0. The van der Waals surface area contributed by atoms with Crippen LogP contribution in [0.1, 0.15) is 79.0 Å². The van der Waals surface area contributed by atoms with E-state index in [2.05, 4.69) is 243 Å². The second-order valence-electron chi connectivity index (χ2n) is 22.8. The van der Waals surface area contributed by atoms with Crippen LogP contribution in [0.3, 0.4) is 0 Å². The average Bonchev–Trinajstić information content (AvgIpc) is 3.98. The molecule has 0 spiro atoms. The van der Waals surface area contributed by atoms with Gasteiger partial charge in [0.15, 0.2) is 0 Å². The first kappa shape index (κ1) is 45.8. The van der Waals surface area contributed by atoms with Gasteiger partial charge in [-0.2, -0.15) is 0 Å². The van der Waals surface area contributed by atoms with Gasteiger partial charge in [-0.1, -0.05) is 196 Å². The maximum Gasteiger partial charge on any atom is 0.149 e. The van der Waals surface area contributed by atoms with Gasteiger partial charge in [-0.05, 0) is 114 Å². The normalized spacial score (nSPS) is 12.5. The first-order valence-electron chi connectivity index (χ1n) is 25.4. The number of pyridine rings is 1. The van der Waals surface area contributed by atoms with E-state index in [0.29, 0.717) is 11.4 Å². The monoisotopic (exact) mass is 949 g/mol. The van der Waals surface area contributed by atoms with Crippen molar-refractivity contribution in [1.29, 1.82) is 0 Å². The molecule has 12 aromatic rings. The topological polar surface area (TPSA) is 64.1 Å². The molecular weight excluding hydrogens is 891 g/mol. The van der Waals surface area contributed by atoms with Gasteiger partial charge in [-0.3, -0.25) is 9.55 Å². The number of imidazole rings is 1. The van der Waals surface area contributed by atoms with E-state index in [1.807, 2.05) is 12.3 Å². The highest BCUT2D eigenvalue weighted by Crippen LogP contribution is 2.49. The molecular formula is C68H59N3O2. The lowest BCUT2D eigenvalue weighted by Crippen LogP contribution is -2.17. The van der Waals surface area contributed by atoms with Crippen LogP contribution in [0.15, 0.2) is 193 Å². The minimum absolute atomic E-state index is 0.101. The number of phenols is 1. The molecule has 5 nitrogen and oxygen atoms in total. The molecule has 9 aromatic carbocycles. The van der Waals surface area contributed by atoms with Crippen molar-refractivity contribution in [1.82, 2.24) is 14.5 Å². The lowest BCUT2D eigenvalue weighted by atomic mass is 9.79. The van der Waals surface area contributed by atoms with E-state index >= 15 is 0 Å². The van der Waals surface area contributed by atoms with E-state index < -0.39 is 0 Å². The van der Waals surface area contributed by atoms with Gasteiger partial charge in [0.2, 0.25) is 0 Å². The number of fused-ring (bicyclic) bond motifs is 9. The number of nitrogens with zero attached hydrogens (tertiary/aromatic N) is 3. The predicted octanol–water partition coefficient (Wildman–Crippen LogP) is 18.6. The van der Waals surface area contributed by atoms with Gasteiger partial charge in [0.1, 0.15) is 22.7 Å². The quantitative estimate of drug-likeness (QED) is 0.169. The van der Waals surface area contributed by atoms with Crippen molar-refractivity contribution in [2.75, 3.05) is 0 Å². The number of aromatic nitrogens is 3. The van der Waals surface area contributed by atoms with E-state index in [4.69, 9.17) is 14.4 Å². The fourth-order valence-electron chi connectivity index (χ4n) is 10.9. The average molecular weight is 950 g/mol. The number of benzene rings is 9. The van der Waals surface area contributed by atoms with Crippen molar-refractivity contribution < 1.29 is 9.52 Å². The van der Waals surface area contributed by atoms with Gasteiger partial charge in [-0.15, -0.1) is 0 Å². The maximum absolute atomic E-state index is 12.7. The molecule has 1 N–H and O–H groups in total. The molecule has 0 saturated heterocycles. The molecule has 0 radical (unpaired) electrons. The Morgan fingerprint density at radius 3 is 1.75 bits per heavy atom. The van der Waals surface area contributed by atoms with Crippen LogP contribution in [-0.2, 0) is 16.2 Å². The summed E-state index contributed by atoms with van der Waals surface area (Å²) in [6.45, 7) is 20.0. The van der Waals surface area contributed by atoms with Gasteiger partial charge in [0, 0.05) is 44.6 Å². The molecule has 0 aliphatic heterocycles. The number of furan rings is 1. The Morgan fingerprint density at radius 1 is 0.438 bits per heavy atom. The van der Waals surface area contributed by atoms with Crippen molar-refractivity contribution in [3.63, 3.8) is 0 Å². The molecule has 5 heteroatoms. The number of aromatic hydroxyl groups is 1. The molecule has 3 aromatic heterocycles. The van der Waals surface area contributed by atoms with Crippen LogP contribution in [0.5, 0.6) is 5.75 Å². The smallest absolute Gasteiger partial charge is 0.149 e. The number of hydrogen-bond acceptors (Lipinski definition) is 4. The molecule has 358 valence electrons. The van der Waals surface area contributed by atoms with Gasteiger partial charge in [0.25, 0.3) is 0 Å². The van der Waals surface area contributed by atoms with Crippen molar-refractivity contribution in [3.8, 4) is 67.5 Å². The number of para-hydroxylation sites is 1. The van der Waals surface area contributed by atoms with Crippen LogP contribution < -0.4 is 0 Å². The molecule has 12 rings (SSSR count). The highest BCUT2D eigenvalue weighted by molar-refractivity contribution is 6.31. The van der Waals surface area contributed by atoms with Gasteiger partial charge >= 0.3 is 0 Å². The molecule has 0 bridgehead atoms. The number of rotatable bonds is 6. The molecule has 73 heavy (non-hydrogen) atoms. The van der Waals surface area contributed by atoms with Crippen LogP contribution in [0, 0.1) is 0 Å². The van der Waals surface area contributed by atoms with E-state index in [-0.39, 0.29) is 22.0 Å². The Labute approximate surface area is 427 Å². The largest absolute Gasteiger partial charge is 0.507 e. The van der Waals surface area contributed by atoms with Gasteiger partial charge in [-0.25, -0.2) is 4.98 Å². The summed E-state index contributed by atoms with van der Waals surface area (Å²) in [5.41, 5.74) is 15.6. The maximum atomic E-state index is 12.7. The summed E-state index contributed by atoms with van der Waals surface area (Å²) < 4.78 is 9.50. The first-order valence-corrected chi connectivity index (χ1v) is 25.4. The van der Waals surface area contributed by atoms with Crippen LogP contribution in [-0.4, -0.2) is 19.6 Å². The lowest BCUT2D eigenvalue weighted by Gasteiger charge is -2.28. The van der Waals surface area contributed by atoms with E-state index in [1.54, 1.807) is 0 Å². The minimum Gasteiger partial charge on any atom is -0.507 e. The van der Waals surface area contributed by atoms with Gasteiger partial charge in [0.05, 0.1) is 28.0 Å². The molecule has 0 saturated carbocycles. The third-order valence-electron chi connectivity index (χ3n) is 14.8. The fourth-order valence-corrected chi connectivity index (χ4v) is 10.9. The van der Waals surface area contributed by atoms with Crippen LogP contribution in [0.2, 0.25) is 0 Å². The summed E-state index contributed by atoms with van der Waals surface area (Å²) in [5, 5.41) is 19.3. The summed E-state index contributed by atoms with van der Waals surface area (Å²) in [7, 11) is 0. The second-order valence-corrected chi connectivity index (χ2v) is 22.8. The fraction of sp³-hybridized carbons (Fsp3) is 0.176. The van der Waals surface area contributed by atoms with E-state index in [9.17, 15) is 5.11 Å². The summed E-state index contributed by atoms with van der Waals surface area (Å²) in [4.78, 5) is 10.9. The van der Waals surface area contributed by atoms with Crippen molar-refractivity contribution in [2.45, 2.75) is 78.6 Å². The van der Waals surface area contributed by atoms with Crippen molar-refractivity contribution in [2.24, 2.45) is 0 Å². The molecule has 0 aliphatic rings. The van der Waals surface area contributed by atoms with Crippen molar-refractivity contribution in [3.05, 3.63) is 205 Å². The Kier molecular flexibility index (Phi) is 10.6. The van der Waals surface area contributed by atoms with E-state index in [1.165, 1.54) is 10.9 Å². The summed E-state index contributed by atoms with van der Waals surface area (Å²) >= 11 is 0. The predicted molar refractivity (Wildman–Crippen MR) is 306 cm³/mol. The molecule has 0 fully saturated rings. The number of phenolic OH excluding ortho intramolecular Hbond substituents is 1. The highest BCUT2D eigenvalue weighted by atomic mass is 16.3. The van der Waals surface area contributed by atoms with Crippen LogP contribution in [0.4, 0.5) is 0 Å². The Hall–Kier alpha value is -8.28. The summed E-state index contributed by atoms with van der Waals surface area (Å²) in [6.07, 6.45) is 1.90. The van der Waals surface area contributed by atoms with E-state index in [0.717, 1.165) is 111 Å². The Balaban J connectivity index is 1.22. The summed E-state index contributed by atoms with van der Waals surface area (Å²) in [5.74, 6) is 0.908. The lowest BCUT2D eigenvalue weighted by molar-refractivity contribution is 0.446. The zero-order chi connectivity index (χ0) is 50.6. The molecule has 0 amide bonds. The highest BCUT2D eigenvalue weighted by Gasteiger charge is 2.30. The molecule has 0 aliphatic carbocycles. The van der Waals surface area contributed by atoms with Crippen LogP contribution >= 0.6 is 0 Å². The van der Waals surface area contributed by atoms with Gasteiger partial charge < -0.3 is 9.52 Å². The minimum atomic E-state index is -0.355. The third kappa shape index (κ3) is 7.77. The zero-order valence-electron chi connectivity index (χ0n) is 43.1. The Morgan fingerprint density at radius 2 is 1.07 bits per heavy atom. The molecule has 0 unspecified atom stereocenters. The third-order valence-corrected chi connectivity index (χ3v) is 14.8. The second kappa shape index (κ2) is 16.9. The standard InChI is InChI=1S/C68H59N3O2/c1-66(2,3)45-31-32-58(52(38-45)42-23-14-11-15-24-42)71-59-30-20-29-47(61(59)70-65(71)55-39-46(67(4,5)6)40-56(62(55)72)68(7,8)9)44-35-53(57-37-43(33-34-69-57)41-21-12-10-13-22-41)63-54(36-44)60-50-27-18-16-25-48(50)49-26-17-19-28-51(49)64(60)73-63/h10-40,72H,1-9H3. The van der Waals surface area contributed by atoms with Crippen LogP contribution in [0.25, 0.3) is 116 Å². The number of hydrogen-bond donors (Lipinski definition) is 1. The molecule has 3 heterocycles. The Bertz CT molecular complexity index is 4140.